The highest BCUT2D eigenvalue weighted by Crippen LogP contribution is 2.02. The van der Waals surface area contributed by atoms with E-state index in [4.69, 9.17) is 26.9 Å². The SMILES string of the molecule is [3H][C@](O)([C@H](O)[C@H](O)CO)[C@@H](O)C=O. The molecule has 0 aliphatic rings. The lowest BCUT2D eigenvalue weighted by atomic mass is 10.0. The fourth-order valence-electron chi connectivity index (χ4n) is 0.542. The van der Waals surface area contributed by atoms with Crippen molar-refractivity contribution < 1.29 is 31.7 Å². The number of aliphatic hydroxyl groups is 5. The van der Waals surface area contributed by atoms with Gasteiger partial charge in [-0.05, 0) is 0 Å². The second-order valence-corrected chi connectivity index (χ2v) is 2.20. The quantitative estimate of drug-likeness (QED) is 0.283. The van der Waals surface area contributed by atoms with E-state index in [1.54, 1.807) is 0 Å². The van der Waals surface area contributed by atoms with Crippen molar-refractivity contribution >= 4 is 6.29 Å². The second kappa shape index (κ2) is 5.18. The molecule has 0 spiro atoms. The van der Waals surface area contributed by atoms with Gasteiger partial charge >= 0.3 is 0 Å². The maximum atomic E-state index is 9.98. The molecule has 0 heterocycles. The summed E-state index contributed by atoms with van der Waals surface area (Å²) in [4.78, 5) is 9.98. The molecule has 0 aromatic carbocycles. The van der Waals surface area contributed by atoms with Crippen LogP contribution >= 0.6 is 0 Å². The van der Waals surface area contributed by atoms with Gasteiger partial charge in [-0.2, -0.15) is 0 Å². The number of carbonyl (C=O) groups is 1. The Morgan fingerprint density at radius 3 is 2.17 bits per heavy atom. The first-order valence-corrected chi connectivity index (χ1v) is 3.20. The predicted octanol–water partition coefficient (Wildman–Crippen LogP) is -3.38. The fourth-order valence-corrected chi connectivity index (χ4v) is 0.542. The van der Waals surface area contributed by atoms with Gasteiger partial charge in [0.05, 0.1) is 7.98 Å². The molecule has 0 saturated carbocycles. The van der Waals surface area contributed by atoms with E-state index in [2.05, 4.69) is 0 Å². The van der Waals surface area contributed by atoms with Crippen molar-refractivity contribution in [3.63, 3.8) is 0 Å². The minimum atomic E-state index is -2.93. The van der Waals surface area contributed by atoms with Crippen LogP contribution in [-0.4, -0.2) is 62.8 Å². The molecule has 0 radical (unpaired) electrons. The van der Waals surface area contributed by atoms with Crippen LogP contribution in [-0.2, 0) is 4.79 Å². The summed E-state index contributed by atoms with van der Waals surface area (Å²) >= 11 is 0. The molecule has 0 fully saturated rings. The van der Waals surface area contributed by atoms with Crippen molar-refractivity contribution in [2.24, 2.45) is 0 Å². The van der Waals surface area contributed by atoms with E-state index in [1.807, 2.05) is 0 Å². The molecule has 0 aromatic heterocycles. The third-order valence-electron chi connectivity index (χ3n) is 1.29. The highest BCUT2D eigenvalue weighted by Gasteiger charge is 2.29. The lowest BCUT2D eigenvalue weighted by Crippen LogP contribution is -2.46. The standard InChI is InChI=1S/C6H12O6/c7-1-3(9)5(11)6(12)4(10)2-8/h1,3-6,8-12H,2H2/t3-,4+,5+,6+/m0/s1/i5T. The molecule has 12 heavy (non-hydrogen) atoms. The molecular formula is C6H12O6. The second-order valence-electron chi connectivity index (χ2n) is 2.20. The van der Waals surface area contributed by atoms with Crippen LogP contribution in [0.5, 0.6) is 0 Å². The monoisotopic (exact) mass is 182 g/mol. The van der Waals surface area contributed by atoms with Crippen molar-refractivity contribution in [1.82, 2.24) is 0 Å². The number of rotatable bonds is 5. The predicted molar refractivity (Wildman–Crippen MR) is 37.2 cm³/mol. The Balaban J connectivity index is 4.51. The summed E-state index contributed by atoms with van der Waals surface area (Å²) in [6.45, 7) is -0.895. The minimum Gasteiger partial charge on any atom is -0.394 e. The summed E-state index contributed by atoms with van der Waals surface area (Å²) < 4.78 is 6.93. The number of carbonyl (C=O) groups excluding carboxylic acids is 1. The number of aldehydes is 1. The molecule has 0 aliphatic carbocycles. The van der Waals surface area contributed by atoms with Gasteiger partial charge < -0.3 is 30.3 Å². The fraction of sp³-hybridized carbons (Fsp3) is 0.833. The third kappa shape index (κ3) is 2.84. The van der Waals surface area contributed by atoms with Crippen LogP contribution < -0.4 is 0 Å². The summed E-state index contributed by atoms with van der Waals surface area (Å²) in [6.07, 6.45) is -9.15. The molecule has 72 valence electrons. The summed E-state index contributed by atoms with van der Waals surface area (Å²) in [7, 11) is 0. The van der Waals surface area contributed by atoms with Gasteiger partial charge in [0, 0.05) is 0 Å². The van der Waals surface area contributed by atoms with Gasteiger partial charge in [-0.3, -0.25) is 0 Å². The van der Waals surface area contributed by atoms with E-state index < -0.39 is 31.0 Å². The van der Waals surface area contributed by atoms with Gasteiger partial charge in [0.2, 0.25) is 0 Å². The van der Waals surface area contributed by atoms with E-state index in [-0.39, 0.29) is 6.29 Å². The number of hydrogen-bond donors (Lipinski definition) is 5. The van der Waals surface area contributed by atoms with Crippen LogP contribution in [0.3, 0.4) is 0 Å². The molecule has 0 aromatic rings. The molecule has 6 heteroatoms. The van der Waals surface area contributed by atoms with Crippen LogP contribution in [0, 0.1) is 0 Å². The van der Waals surface area contributed by atoms with Crippen molar-refractivity contribution in [2.45, 2.75) is 24.4 Å². The Labute approximate surface area is 70.1 Å². The third-order valence-corrected chi connectivity index (χ3v) is 1.29. The first-order valence-electron chi connectivity index (χ1n) is 3.70. The van der Waals surface area contributed by atoms with E-state index in [1.165, 1.54) is 0 Å². The van der Waals surface area contributed by atoms with Gasteiger partial charge in [0.25, 0.3) is 0 Å². The average Bonchev–Trinajstić information content (AvgIpc) is 2.13. The zero-order valence-electron chi connectivity index (χ0n) is 7.16. The van der Waals surface area contributed by atoms with Gasteiger partial charge in [-0.1, -0.05) is 0 Å². The summed E-state index contributed by atoms with van der Waals surface area (Å²) in [5.74, 6) is 0. The van der Waals surface area contributed by atoms with E-state index >= 15 is 0 Å². The van der Waals surface area contributed by atoms with Crippen molar-refractivity contribution in [1.29, 1.82) is 0 Å². The van der Waals surface area contributed by atoms with E-state index in [0.717, 1.165) is 0 Å². The largest absolute Gasteiger partial charge is 0.394 e. The average molecular weight is 182 g/mol. The lowest BCUT2D eigenvalue weighted by Gasteiger charge is -2.22. The molecule has 0 bridgehead atoms. The van der Waals surface area contributed by atoms with Crippen LogP contribution in [0.1, 0.15) is 1.37 Å². The Hall–Kier alpha value is -0.530. The van der Waals surface area contributed by atoms with Gasteiger partial charge in [-0.25, -0.2) is 0 Å². The van der Waals surface area contributed by atoms with Gasteiger partial charge in [0.15, 0.2) is 6.29 Å². The Bertz CT molecular complexity index is 173. The molecule has 6 nitrogen and oxygen atoms in total. The molecule has 0 rings (SSSR count). The molecule has 0 aliphatic heterocycles. The number of hydrogen-bond acceptors (Lipinski definition) is 6. The van der Waals surface area contributed by atoms with Crippen LogP contribution in [0.25, 0.3) is 0 Å². The molecule has 0 unspecified atom stereocenters. The van der Waals surface area contributed by atoms with E-state index in [0.29, 0.717) is 0 Å². The van der Waals surface area contributed by atoms with E-state index in [9.17, 15) is 4.79 Å². The highest BCUT2D eigenvalue weighted by molar-refractivity contribution is 5.56. The maximum absolute atomic E-state index is 9.98. The summed E-state index contributed by atoms with van der Waals surface area (Å²) in [5, 5.41) is 43.9. The first-order chi connectivity index (χ1) is 5.87. The minimum absolute atomic E-state index is 0.152. The molecular weight excluding hydrogens is 168 g/mol. The van der Waals surface area contributed by atoms with Crippen molar-refractivity contribution in [3.05, 3.63) is 0 Å². The zero-order chi connectivity index (χ0) is 10.6. The molecule has 0 saturated heterocycles. The summed E-state index contributed by atoms with van der Waals surface area (Å²) in [6, 6.07) is 0. The van der Waals surface area contributed by atoms with Crippen LogP contribution in [0.15, 0.2) is 0 Å². The van der Waals surface area contributed by atoms with Crippen molar-refractivity contribution in [2.75, 3.05) is 6.61 Å². The molecule has 5 N–H and O–H groups in total. The topological polar surface area (TPSA) is 118 Å². The Morgan fingerprint density at radius 2 is 1.83 bits per heavy atom. The first kappa shape index (κ1) is 9.56. The smallest absolute Gasteiger partial charge is 0.151 e. The Morgan fingerprint density at radius 1 is 1.33 bits per heavy atom. The Kier molecular flexibility index (Phi) is 4.12. The maximum Gasteiger partial charge on any atom is 0.151 e. The van der Waals surface area contributed by atoms with Crippen LogP contribution in [0.2, 0.25) is 0 Å². The van der Waals surface area contributed by atoms with Gasteiger partial charge in [-0.15, -0.1) is 0 Å². The lowest BCUT2D eigenvalue weighted by molar-refractivity contribution is -0.136. The highest BCUT2D eigenvalue weighted by atomic mass is 16.4. The molecule has 0 amide bonds. The normalized spacial score (nSPS) is 24.9. The van der Waals surface area contributed by atoms with Gasteiger partial charge in [0.1, 0.15) is 24.4 Å². The van der Waals surface area contributed by atoms with Crippen molar-refractivity contribution in [3.8, 4) is 0 Å². The van der Waals surface area contributed by atoms with Crippen LogP contribution in [0.4, 0.5) is 0 Å². The number of aliphatic hydroxyl groups excluding tert-OH is 4. The molecule has 4 atom stereocenters. The zero-order valence-corrected chi connectivity index (χ0v) is 6.16. The summed E-state index contributed by atoms with van der Waals surface area (Å²) in [5.41, 5.74) is 0.